The van der Waals surface area contributed by atoms with Crippen molar-refractivity contribution in [1.82, 2.24) is 19.4 Å². The lowest BCUT2D eigenvalue weighted by molar-refractivity contribution is 0.359. The van der Waals surface area contributed by atoms with E-state index in [0.29, 0.717) is 11.9 Å². The van der Waals surface area contributed by atoms with E-state index in [9.17, 15) is 0 Å². The van der Waals surface area contributed by atoms with E-state index in [1.807, 2.05) is 6.08 Å². The van der Waals surface area contributed by atoms with Crippen molar-refractivity contribution in [2.24, 2.45) is 0 Å². The molecule has 3 rings (SSSR count). The Morgan fingerprint density at radius 1 is 1.53 bits per heavy atom. The number of rotatable bonds is 3. The molecule has 1 aliphatic heterocycles. The van der Waals surface area contributed by atoms with Crippen molar-refractivity contribution in [1.29, 1.82) is 0 Å². The first kappa shape index (κ1) is 12.9. The summed E-state index contributed by atoms with van der Waals surface area (Å²) in [5, 5.41) is 0.977. The Morgan fingerprint density at radius 3 is 3.16 bits per heavy atom. The van der Waals surface area contributed by atoms with Gasteiger partial charge in [-0.3, -0.25) is 4.90 Å². The maximum Gasteiger partial charge on any atom is 0.146 e. The highest BCUT2D eigenvalue weighted by Gasteiger charge is 2.25. The molecule has 2 aromatic heterocycles. The van der Waals surface area contributed by atoms with E-state index < -0.39 is 0 Å². The second-order valence-corrected chi connectivity index (χ2v) is 5.99. The first-order chi connectivity index (χ1) is 9.20. The van der Waals surface area contributed by atoms with Gasteiger partial charge in [0, 0.05) is 35.4 Å². The van der Waals surface area contributed by atoms with Gasteiger partial charge in [0.15, 0.2) is 0 Å². The van der Waals surface area contributed by atoms with Gasteiger partial charge >= 0.3 is 0 Å². The van der Waals surface area contributed by atoms with Crippen molar-refractivity contribution in [3.8, 4) is 0 Å². The number of hydrogen-bond acceptors (Lipinski definition) is 4. The fraction of sp³-hybridized carbons (Fsp3) is 0.385. The molecule has 0 saturated carbocycles. The Kier molecular flexibility index (Phi) is 3.44. The lowest BCUT2D eigenvalue weighted by atomic mass is 10.2. The molecule has 1 fully saturated rings. The SMILES string of the molecule is C=CCN1CC[C@H](n2cc(I)c3c(N)ncnc32)C1. The Bertz CT molecular complexity index is 621. The van der Waals surface area contributed by atoms with Gasteiger partial charge in [-0.1, -0.05) is 6.08 Å². The second-order valence-electron chi connectivity index (χ2n) is 4.83. The normalized spacial score (nSPS) is 20.2. The van der Waals surface area contributed by atoms with Crippen LogP contribution >= 0.6 is 22.6 Å². The summed E-state index contributed by atoms with van der Waals surface area (Å²) in [4.78, 5) is 10.9. The number of nitrogens with two attached hydrogens (primary N) is 1. The number of anilines is 1. The molecule has 0 radical (unpaired) electrons. The summed E-state index contributed by atoms with van der Waals surface area (Å²) in [5.41, 5.74) is 6.90. The van der Waals surface area contributed by atoms with Gasteiger partial charge in [-0.15, -0.1) is 6.58 Å². The summed E-state index contributed by atoms with van der Waals surface area (Å²) in [6.07, 6.45) is 6.77. The maximum atomic E-state index is 5.95. The van der Waals surface area contributed by atoms with Crippen molar-refractivity contribution in [3.63, 3.8) is 0 Å². The molecule has 2 N–H and O–H groups in total. The van der Waals surface area contributed by atoms with E-state index in [1.54, 1.807) is 6.33 Å². The van der Waals surface area contributed by atoms with Crippen LogP contribution in [-0.2, 0) is 0 Å². The molecule has 0 aliphatic carbocycles. The Morgan fingerprint density at radius 2 is 2.37 bits per heavy atom. The third kappa shape index (κ3) is 2.23. The van der Waals surface area contributed by atoms with Crippen LogP contribution in [0.25, 0.3) is 11.0 Å². The van der Waals surface area contributed by atoms with E-state index in [-0.39, 0.29) is 0 Å². The summed E-state index contributed by atoms with van der Waals surface area (Å²) >= 11 is 2.30. The van der Waals surface area contributed by atoms with Crippen LogP contribution < -0.4 is 5.73 Å². The Labute approximate surface area is 125 Å². The molecule has 0 bridgehead atoms. The molecular weight excluding hydrogens is 353 g/mol. The van der Waals surface area contributed by atoms with Gasteiger partial charge in [-0.05, 0) is 29.0 Å². The largest absolute Gasteiger partial charge is 0.383 e. The van der Waals surface area contributed by atoms with Crippen LogP contribution in [-0.4, -0.2) is 39.1 Å². The molecule has 2 aromatic rings. The number of hydrogen-bond donors (Lipinski definition) is 1. The summed E-state index contributed by atoms with van der Waals surface area (Å²) in [6.45, 7) is 6.89. The highest BCUT2D eigenvalue weighted by atomic mass is 127. The van der Waals surface area contributed by atoms with Gasteiger partial charge in [0.2, 0.25) is 0 Å². The topological polar surface area (TPSA) is 60.0 Å². The van der Waals surface area contributed by atoms with Crippen LogP contribution in [0.15, 0.2) is 25.2 Å². The third-order valence-corrected chi connectivity index (χ3v) is 4.44. The number of nitrogen functional groups attached to an aromatic ring is 1. The van der Waals surface area contributed by atoms with E-state index in [1.165, 1.54) is 0 Å². The summed E-state index contributed by atoms with van der Waals surface area (Å²) in [5.74, 6) is 0.564. The molecule has 19 heavy (non-hydrogen) atoms. The average Bonchev–Trinajstić information content (AvgIpc) is 2.96. The zero-order valence-electron chi connectivity index (χ0n) is 10.6. The summed E-state index contributed by atoms with van der Waals surface area (Å²) in [6, 6.07) is 0.459. The van der Waals surface area contributed by atoms with Crippen LogP contribution in [0.4, 0.5) is 5.82 Å². The molecule has 1 saturated heterocycles. The fourth-order valence-electron chi connectivity index (χ4n) is 2.73. The van der Waals surface area contributed by atoms with Crippen molar-refractivity contribution >= 4 is 39.4 Å². The lowest BCUT2D eigenvalue weighted by Gasteiger charge is -2.15. The minimum atomic E-state index is 0.459. The van der Waals surface area contributed by atoms with Gasteiger partial charge in [0.1, 0.15) is 17.8 Å². The van der Waals surface area contributed by atoms with E-state index in [0.717, 1.165) is 40.7 Å². The average molecular weight is 369 g/mol. The smallest absolute Gasteiger partial charge is 0.146 e. The molecule has 0 aromatic carbocycles. The number of likely N-dealkylation sites (tertiary alicyclic amines) is 1. The predicted molar refractivity (Wildman–Crippen MR) is 84.9 cm³/mol. The monoisotopic (exact) mass is 369 g/mol. The Hall–Kier alpha value is -1.15. The highest BCUT2D eigenvalue weighted by Crippen LogP contribution is 2.31. The van der Waals surface area contributed by atoms with Crippen LogP contribution in [0.3, 0.4) is 0 Å². The Balaban J connectivity index is 1.98. The molecule has 1 aliphatic rings. The number of halogens is 1. The molecule has 0 amide bonds. The zero-order valence-corrected chi connectivity index (χ0v) is 12.7. The molecule has 100 valence electrons. The van der Waals surface area contributed by atoms with Crippen molar-refractivity contribution in [3.05, 3.63) is 28.7 Å². The van der Waals surface area contributed by atoms with E-state index >= 15 is 0 Å². The molecule has 5 nitrogen and oxygen atoms in total. The quantitative estimate of drug-likeness (QED) is 0.665. The predicted octanol–water partition coefficient (Wildman–Crippen LogP) is 2.05. The van der Waals surface area contributed by atoms with Gasteiger partial charge in [0.25, 0.3) is 0 Å². The molecule has 0 unspecified atom stereocenters. The molecule has 6 heteroatoms. The van der Waals surface area contributed by atoms with Crippen molar-refractivity contribution in [2.75, 3.05) is 25.4 Å². The van der Waals surface area contributed by atoms with Crippen LogP contribution in [0.1, 0.15) is 12.5 Å². The van der Waals surface area contributed by atoms with Crippen LogP contribution in [0.2, 0.25) is 0 Å². The van der Waals surface area contributed by atoms with Crippen LogP contribution in [0, 0.1) is 3.57 Å². The van der Waals surface area contributed by atoms with Crippen LogP contribution in [0.5, 0.6) is 0 Å². The van der Waals surface area contributed by atoms with Crippen molar-refractivity contribution < 1.29 is 0 Å². The first-order valence-electron chi connectivity index (χ1n) is 6.30. The van der Waals surface area contributed by atoms with E-state index in [4.69, 9.17) is 5.73 Å². The van der Waals surface area contributed by atoms with Gasteiger partial charge in [-0.25, -0.2) is 9.97 Å². The number of aromatic nitrogens is 3. The van der Waals surface area contributed by atoms with Gasteiger partial charge < -0.3 is 10.3 Å². The second kappa shape index (κ2) is 5.09. The number of fused-ring (bicyclic) bond motifs is 1. The zero-order chi connectivity index (χ0) is 13.4. The summed E-state index contributed by atoms with van der Waals surface area (Å²) < 4.78 is 3.37. The standard InChI is InChI=1S/C13H16IN5/c1-2-4-18-5-3-9(6-18)19-7-10(14)11-12(15)16-8-17-13(11)19/h2,7-9H,1,3-6H2,(H2,15,16,17)/t9-/m0/s1. The molecule has 3 heterocycles. The van der Waals surface area contributed by atoms with E-state index in [2.05, 4.69) is 54.8 Å². The molecule has 0 spiro atoms. The molecule has 1 atom stereocenters. The number of nitrogens with zero attached hydrogens (tertiary/aromatic N) is 4. The van der Waals surface area contributed by atoms with Gasteiger partial charge in [-0.2, -0.15) is 0 Å². The van der Waals surface area contributed by atoms with Crippen molar-refractivity contribution in [2.45, 2.75) is 12.5 Å². The first-order valence-corrected chi connectivity index (χ1v) is 7.38. The maximum absolute atomic E-state index is 5.95. The lowest BCUT2D eigenvalue weighted by Crippen LogP contribution is -2.21. The van der Waals surface area contributed by atoms with Gasteiger partial charge in [0.05, 0.1) is 5.39 Å². The third-order valence-electron chi connectivity index (χ3n) is 3.62. The fourth-order valence-corrected chi connectivity index (χ4v) is 3.55. The highest BCUT2D eigenvalue weighted by molar-refractivity contribution is 14.1. The molecular formula is C13H16IN5. The minimum absolute atomic E-state index is 0.459. The minimum Gasteiger partial charge on any atom is -0.383 e. The summed E-state index contributed by atoms with van der Waals surface area (Å²) in [7, 11) is 0.